The summed E-state index contributed by atoms with van der Waals surface area (Å²) in [6.45, 7) is 6.06. The fourth-order valence-corrected chi connectivity index (χ4v) is 4.81. The Hall–Kier alpha value is -2.61. The molecular formula is C24H33N3O5. The average Bonchev–Trinajstić information content (AvgIpc) is 2.75. The van der Waals surface area contributed by atoms with Crippen LogP contribution in [0.5, 0.6) is 5.88 Å². The predicted octanol–water partition coefficient (Wildman–Crippen LogP) is 3.48. The number of rotatable bonds is 5. The van der Waals surface area contributed by atoms with E-state index >= 15 is 0 Å². The largest absolute Gasteiger partial charge is 0.481 e. The molecule has 0 spiro atoms. The second-order valence-electron chi connectivity index (χ2n) is 10.2. The van der Waals surface area contributed by atoms with Crippen LogP contribution in [-0.4, -0.2) is 46.1 Å². The van der Waals surface area contributed by atoms with Crippen molar-refractivity contribution in [3.63, 3.8) is 0 Å². The first kappa shape index (κ1) is 22.6. The summed E-state index contributed by atoms with van der Waals surface area (Å²) in [5, 5.41) is 3.06. The fourth-order valence-electron chi connectivity index (χ4n) is 4.81. The van der Waals surface area contributed by atoms with E-state index in [1.54, 1.807) is 30.9 Å². The van der Waals surface area contributed by atoms with E-state index in [9.17, 15) is 9.59 Å². The predicted molar refractivity (Wildman–Crippen MR) is 121 cm³/mol. The third kappa shape index (κ3) is 4.46. The van der Waals surface area contributed by atoms with E-state index in [0.29, 0.717) is 18.9 Å². The van der Waals surface area contributed by atoms with Gasteiger partial charge in [-0.25, -0.2) is 9.78 Å². The maximum absolute atomic E-state index is 12.5. The molecule has 2 aromatic rings. The first-order chi connectivity index (χ1) is 15.0. The normalized spacial score (nSPS) is 25.0. The molecule has 2 bridgehead atoms. The van der Waals surface area contributed by atoms with Gasteiger partial charge in [0.25, 0.3) is 5.56 Å². The summed E-state index contributed by atoms with van der Waals surface area (Å²) in [4.78, 5) is 29.4. The molecule has 3 aliphatic rings. The van der Waals surface area contributed by atoms with Gasteiger partial charge in [-0.1, -0.05) is 0 Å². The molecule has 0 aromatic carbocycles. The summed E-state index contributed by atoms with van der Waals surface area (Å²) in [5.41, 5.74) is 1.33. The van der Waals surface area contributed by atoms with Gasteiger partial charge in [0.15, 0.2) is 0 Å². The summed E-state index contributed by atoms with van der Waals surface area (Å²) in [6, 6.07) is 5.32. The number of aryl methyl sites for hydroxylation is 2. The van der Waals surface area contributed by atoms with E-state index < -0.39 is 5.60 Å². The van der Waals surface area contributed by atoms with Crippen LogP contribution in [0.3, 0.4) is 0 Å². The highest BCUT2D eigenvalue weighted by Crippen LogP contribution is 2.46. The number of aromatic nitrogens is 2. The lowest BCUT2D eigenvalue weighted by molar-refractivity contribution is -0.163. The van der Waals surface area contributed by atoms with E-state index in [1.165, 1.54) is 0 Å². The van der Waals surface area contributed by atoms with E-state index in [2.05, 4.69) is 10.3 Å². The molecule has 1 aliphatic carbocycles. The van der Waals surface area contributed by atoms with Gasteiger partial charge >= 0.3 is 6.09 Å². The number of carbonyl (C=O) groups excluding carboxylic acids is 1. The van der Waals surface area contributed by atoms with Gasteiger partial charge < -0.3 is 24.1 Å². The quantitative estimate of drug-likeness (QED) is 0.761. The van der Waals surface area contributed by atoms with Gasteiger partial charge in [-0.3, -0.25) is 4.79 Å². The van der Waals surface area contributed by atoms with Crippen molar-refractivity contribution in [3.05, 3.63) is 34.1 Å². The molecule has 0 radical (unpaired) electrons. The summed E-state index contributed by atoms with van der Waals surface area (Å²) < 4.78 is 18.7. The van der Waals surface area contributed by atoms with Crippen LogP contribution in [0.4, 0.5) is 4.79 Å². The second-order valence-corrected chi connectivity index (χ2v) is 10.2. The van der Waals surface area contributed by atoms with Gasteiger partial charge in [-0.15, -0.1) is 0 Å². The molecule has 1 amide bonds. The van der Waals surface area contributed by atoms with Crippen molar-refractivity contribution in [2.24, 2.45) is 7.05 Å². The zero-order chi connectivity index (χ0) is 23.1. The minimum atomic E-state index is -0.527. The van der Waals surface area contributed by atoms with Gasteiger partial charge in [-0.05, 0) is 70.9 Å². The van der Waals surface area contributed by atoms with E-state index in [0.717, 1.165) is 48.7 Å². The Balaban J connectivity index is 1.46. The number of pyridine rings is 2. The molecule has 8 heteroatoms. The Morgan fingerprint density at radius 1 is 1.25 bits per heavy atom. The minimum Gasteiger partial charge on any atom is -0.481 e. The molecule has 3 fully saturated rings. The van der Waals surface area contributed by atoms with Crippen LogP contribution in [0.15, 0.2) is 23.0 Å². The van der Waals surface area contributed by atoms with E-state index in [4.69, 9.17) is 14.2 Å². The van der Waals surface area contributed by atoms with Crippen molar-refractivity contribution < 1.29 is 19.0 Å². The molecule has 1 N–H and O–H groups in total. The first-order valence-electron chi connectivity index (χ1n) is 11.2. The third-order valence-electron chi connectivity index (χ3n) is 6.74. The summed E-state index contributed by atoms with van der Waals surface area (Å²) >= 11 is 0. The van der Waals surface area contributed by atoms with Crippen LogP contribution < -0.4 is 15.6 Å². The van der Waals surface area contributed by atoms with Gasteiger partial charge in [0, 0.05) is 19.2 Å². The molecule has 2 saturated heterocycles. The van der Waals surface area contributed by atoms with Gasteiger partial charge in [0.05, 0.1) is 35.9 Å². The maximum Gasteiger partial charge on any atom is 0.408 e. The van der Waals surface area contributed by atoms with Crippen molar-refractivity contribution in [2.45, 2.75) is 76.0 Å². The molecule has 1 saturated carbocycles. The Kier molecular flexibility index (Phi) is 5.69. The monoisotopic (exact) mass is 443 g/mol. The van der Waals surface area contributed by atoms with Crippen molar-refractivity contribution >= 4 is 17.1 Å². The molecule has 0 unspecified atom stereocenters. The van der Waals surface area contributed by atoms with Gasteiger partial charge in [0.2, 0.25) is 5.88 Å². The Morgan fingerprint density at radius 2 is 1.97 bits per heavy atom. The Bertz CT molecular complexity index is 1060. The lowest BCUT2D eigenvalue weighted by Gasteiger charge is -2.53. The number of hydrogen-bond acceptors (Lipinski definition) is 6. The molecule has 32 heavy (non-hydrogen) atoms. The van der Waals surface area contributed by atoms with Crippen LogP contribution in [0.2, 0.25) is 0 Å². The van der Waals surface area contributed by atoms with Crippen LogP contribution in [0.25, 0.3) is 11.0 Å². The number of amides is 1. The summed E-state index contributed by atoms with van der Waals surface area (Å²) in [7, 11) is 3.34. The molecule has 2 aliphatic heterocycles. The lowest BCUT2D eigenvalue weighted by Crippen LogP contribution is -2.63. The smallest absolute Gasteiger partial charge is 0.408 e. The van der Waals surface area contributed by atoms with E-state index in [-0.39, 0.29) is 22.8 Å². The van der Waals surface area contributed by atoms with Crippen LogP contribution in [0, 0.1) is 0 Å². The number of ether oxygens (including phenoxy) is 3. The number of methoxy groups -OCH3 is 1. The maximum atomic E-state index is 12.5. The highest BCUT2D eigenvalue weighted by atomic mass is 16.6. The molecular weight excluding hydrogens is 410 g/mol. The minimum absolute atomic E-state index is 0.0502. The molecule has 174 valence electrons. The van der Waals surface area contributed by atoms with Crippen molar-refractivity contribution in [3.8, 4) is 5.88 Å². The summed E-state index contributed by atoms with van der Waals surface area (Å²) in [5.74, 6) is 0.528. The Labute approximate surface area is 188 Å². The molecule has 0 atom stereocenters. The highest BCUT2D eigenvalue weighted by Gasteiger charge is 2.50. The number of nitrogens with one attached hydrogen (secondary N) is 1. The zero-order valence-electron chi connectivity index (χ0n) is 19.6. The lowest BCUT2D eigenvalue weighted by atomic mass is 9.69. The van der Waals surface area contributed by atoms with Crippen molar-refractivity contribution in [2.75, 3.05) is 13.7 Å². The van der Waals surface area contributed by atoms with Gasteiger partial charge in [-0.2, -0.15) is 0 Å². The number of carbonyl (C=O) groups is 1. The fraction of sp³-hybridized carbons (Fsp3) is 0.625. The topological polar surface area (TPSA) is 91.7 Å². The second kappa shape index (κ2) is 8.06. The number of alkyl carbamates (subject to hydrolysis) is 1. The number of fused-ring (bicyclic) bond motifs is 4. The highest BCUT2D eigenvalue weighted by molar-refractivity contribution is 5.79. The SMILES string of the molecule is COc1ccc2c(n1)c(CCC13CCC(NC(=O)OC(C)(C)C)(CC1)CO3)cc(=O)n2C. The molecule has 8 nitrogen and oxygen atoms in total. The molecule has 4 heterocycles. The summed E-state index contributed by atoms with van der Waals surface area (Å²) in [6.07, 6.45) is 4.55. The van der Waals surface area contributed by atoms with Crippen LogP contribution in [-0.2, 0) is 22.9 Å². The van der Waals surface area contributed by atoms with Crippen LogP contribution >= 0.6 is 0 Å². The average molecular weight is 444 g/mol. The number of hydrogen-bond donors (Lipinski definition) is 1. The van der Waals surface area contributed by atoms with Crippen molar-refractivity contribution in [1.82, 2.24) is 14.9 Å². The third-order valence-corrected chi connectivity index (χ3v) is 6.74. The van der Waals surface area contributed by atoms with E-state index in [1.807, 2.05) is 26.8 Å². The molecule has 5 rings (SSSR count). The standard InChI is InChI=1S/C24H33N3O5/c1-22(2,3)32-21(29)26-23-10-12-24(13-11-23,31-15-23)9-8-16-14-19(28)27(4)17-6-7-18(30-5)25-20(16)17/h6-7,14H,8-13,15H2,1-5H3,(H,26,29). The Morgan fingerprint density at radius 3 is 2.56 bits per heavy atom. The zero-order valence-corrected chi connectivity index (χ0v) is 19.6. The van der Waals surface area contributed by atoms with Crippen molar-refractivity contribution in [1.29, 1.82) is 0 Å². The van der Waals surface area contributed by atoms with Crippen LogP contribution in [0.1, 0.15) is 58.4 Å². The number of nitrogens with zero attached hydrogens (tertiary/aromatic N) is 2. The first-order valence-corrected chi connectivity index (χ1v) is 11.2. The van der Waals surface area contributed by atoms with Gasteiger partial charge in [0.1, 0.15) is 5.60 Å². The molecule has 2 aromatic heterocycles.